The van der Waals surface area contributed by atoms with E-state index in [1.165, 1.54) is 0 Å². The van der Waals surface area contributed by atoms with Gasteiger partial charge >= 0.3 is 0 Å². The molecule has 1 heterocycles. The Morgan fingerprint density at radius 2 is 2.24 bits per heavy atom. The van der Waals surface area contributed by atoms with E-state index in [1.54, 1.807) is 6.07 Å². The minimum Gasteiger partial charge on any atom is -0.343 e. The first-order chi connectivity index (χ1) is 8.18. The third-order valence-electron chi connectivity index (χ3n) is 2.27. The molecule has 1 aromatic heterocycles. The number of nitrogens with zero attached hydrogens (tertiary/aromatic N) is 3. The molecule has 0 aliphatic carbocycles. The number of hydrogen-bond acceptors (Lipinski definition) is 4. The summed E-state index contributed by atoms with van der Waals surface area (Å²) < 4.78 is 0. The standard InChI is InChI=1S/C10H10ClN5O/c1-6(7-4-2-3-5-8(7)11)12-10(17)9-13-15-16-14-9/h2-6H,1H3,(H,12,17)(H,13,14,15,16). The number of amides is 1. The summed E-state index contributed by atoms with van der Waals surface area (Å²) in [6.45, 7) is 1.83. The minimum atomic E-state index is -0.397. The maximum Gasteiger partial charge on any atom is 0.293 e. The number of carbonyl (C=O) groups excluding carboxylic acids is 1. The second-order valence-corrected chi connectivity index (χ2v) is 3.86. The molecule has 17 heavy (non-hydrogen) atoms. The molecule has 0 aliphatic heterocycles. The molecule has 2 N–H and O–H groups in total. The monoisotopic (exact) mass is 251 g/mol. The Morgan fingerprint density at radius 3 is 2.88 bits per heavy atom. The lowest BCUT2D eigenvalue weighted by molar-refractivity contribution is 0.0929. The summed E-state index contributed by atoms with van der Waals surface area (Å²) in [4.78, 5) is 11.7. The van der Waals surface area contributed by atoms with Gasteiger partial charge in [-0.3, -0.25) is 4.79 Å². The molecule has 0 spiro atoms. The lowest BCUT2D eigenvalue weighted by Gasteiger charge is -2.14. The van der Waals surface area contributed by atoms with Gasteiger partial charge in [-0.15, -0.1) is 10.2 Å². The predicted molar refractivity (Wildman–Crippen MR) is 61.5 cm³/mol. The van der Waals surface area contributed by atoms with E-state index in [0.717, 1.165) is 5.56 Å². The Bertz CT molecular complexity index is 513. The van der Waals surface area contributed by atoms with Gasteiger partial charge < -0.3 is 5.32 Å². The number of nitrogens with one attached hydrogen (secondary N) is 2. The average molecular weight is 252 g/mol. The van der Waals surface area contributed by atoms with Gasteiger partial charge in [0.15, 0.2) is 0 Å². The normalized spacial score (nSPS) is 12.1. The van der Waals surface area contributed by atoms with E-state index in [1.807, 2.05) is 25.1 Å². The number of tetrazole rings is 1. The third-order valence-corrected chi connectivity index (χ3v) is 2.61. The second kappa shape index (κ2) is 4.92. The molecule has 2 aromatic rings. The lowest BCUT2D eigenvalue weighted by Crippen LogP contribution is -2.27. The van der Waals surface area contributed by atoms with Crippen LogP contribution in [0, 0.1) is 0 Å². The molecule has 1 unspecified atom stereocenters. The van der Waals surface area contributed by atoms with Crippen LogP contribution in [0.5, 0.6) is 0 Å². The fourth-order valence-electron chi connectivity index (χ4n) is 1.42. The quantitative estimate of drug-likeness (QED) is 0.862. The zero-order valence-electron chi connectivity index (χ0n) is 9.01. The fourth-order valence-corrected chi connectivity index (χ4v) is 1.72. The van der Waals surface area contributed by atoms with E-state index in [-0.39, 0.29) is 11.9 Å². The number of benzene rings is 1. The van der Waals surface area contributed by atoms with Crippen molar-refractivity contribution in [1.82, 2.24) is 25.9 Å². The van der Waals surface area contributed by atoms with E-state index in [4.69, 9.17) is 11.6 Å². The Kier molecular flexibility index (Phi) is 3.34. The molecule has 0 aliphatic rings. The highest BCUT2D eigenvalue weighted by Crippen LogP contribution is 2.22. The van der Waals surface area contributed by atoms with Crippen molar-refractivity contribution in [3.8, 4) is 0 Å². The predicted octanol–water partition coefficient (Wildman–Crippen LogP) is 1.34. The lowest BCUT2D eigenvalue weighted by atomic mass is 10.1. The molecule has 0 saturated heterocycles. The van der Waals surface area contributed by atoms with Gasteiger partial charge in [0, 0.05) is 5.02 Å². The number of aromatic amines is 1. The zero-order valence-corrected chi connectivity index (χ0v) is 9.77. The van der Waals surface area contributed by atoms with Crippen LogP contribution in [0.2, 0.25) is 5.02 Å². The molecular formula is C10H10ClN5O. The van der Waals surface area contributed by atoms with Gasteiger partial charge in [0.05, 0.1) is 6.04 Å². The van der Waals surface area contributed by atoms with Crippen molar-refractivity contribution in [2.24, 2.45) is 0 Å². The van der Waals surface area contributed by atoms with E-state index in [0.29, 0.717) is 5.02 Å². The molecule has 0 saturated carbocycles. The first-order valence-corrected chi connectivity index (χ1v) is 5.35. The zero-order chi connectivity index (χ0) is 12.3. The van der Waals surface area contributed by atoms with Crippen molar-refractivity contribution in [3.05, 3.63) is 40.7 Å². The van der Waals surface area contributed by atoms with Crippen LogP contribution >= 0.6 is 11.6 Å². The summed E-state index contributed by atoms with van der Waals surface area (Å²) in [7, 11) is 0. The van der Waals surface area contributed by atoms with Gasteiger partial charge in [-0.05, 0) is 23.8 Å². The highest BCUT2D eigenvalue weighted by atomic mass is 35.5. The molecule has 1 atom stereocenters. The highest BCUT2D eigenvalue weighted by Gasteiger charge is 2.16. The van der Waals surface area contributed by atoms with Crippen LogP contribution in [-0.4, -0.2) is 26.5 Å². The SMILES string of the molecule is CC(NC(=O)c1nn[nH]n1)c1ccccc1Cl. The summed E-state index contributed by atoms with van der Waals surface area (Å²) >= 11 is 6.03. The minimum absolute atomic E-state index is 0.00361. The third kappa shape index (κ3) is 2.59. The van der Waals surface area contributed by atoms with Crippen molar-refractivity contribution in [1.29, 1.82) is 0 Å². The maximum absolute atomic E-state index is 11.7. The molecule has 0 bridgehead atoms. The molecule has 0 fully saturated rings. The topological polar surface area (TPSA) is 83.6 Å². The van der Waals surface area contributed by atoms with Crippen molar-refractivity contribution < 1.29 is 4.79 Å². The molecule has 6 nitrogen and oxygen atoms in total. The average Bonchev–Trinajstić information content (AvgIpc) is 2.82. The van der Waals surface area contributed by atoms with Crippen LogP contribution in [0.1, 0.15) is 29.1 Å². The van der Waals surface area contributed by atoms with E-state index < -0.39 is 5.91 Å². The Morgan fingerprint density at radius 1 is 1.47 bits per heavy atom. The van der Waals surface area contributed by atoms with Gasteiger partial charge in [0.2, 0.25) is 0 Å². The van der Waals surface area contributed by atoms with E-state index in [9.17, 15) is 4.79 Å². The first-order valence-electron chi connectivity index (χ1n) is 4.97. The summed E-state index contributed by atoms with van der Waals surface area (Å²) in [5.74, 6) is -0.393. The summed E-state index contributed by atoms with van der Waals surface area (Å²) in [6, 6.07) is 7.09. The van der Waals surface area contributed by atoms with Crippen LogP contribution in [0.15, 0.2) is 24.3 Å². The number of H-pyrrole nitrogens is 1. The Labute approximate surface area is 102 Å². The van der Waals surface area contributed by atoms with Crippen molar-refractivity contribution in [2.75, 3.05) is 0 Å². The van der Waals surface area contributed by atoms with Crippen molar-refractivity contribution >= 4 is 17.5 Å². The number of aromatic nitrogens is 4. The van der Waals surface area contributed by atoms with Crippen molar-refractivity contribution in [3.63, 3.8) is 0 Å². The Hall–Kier alpha value is -1.95. The molecule has 0 radical (unpaired) electrons. The fraction of sp³-hybridized carbons (Fsp3) is 0.200. The molecule has 2 rings (SSSR count). The highest BCUT2D eigenvalue weighted by molar-refractivity contribution is 6.31. The molecule has 7 heteroatoms. The van der Waals surface area contributed by atoms with Crippen LogP contribution in [0.25, 0.3) is 0 Å². The van der Waals surface area contributed by atoms with E-state index in [2.05, 4.69) is 25.9 Å². The van der Waals surface area contributed by atoms with Crippen molar-refractivity contribution in [2.45, 2.75) is 13.0 Å². The van der Waals surface area contributed by atoms with Gasteiger partial charge in [0.25, 0.3) is 11.7 Å². The van der Waals surface area contributed by atoms with Gasteiger partial charge in [-0.2, -0.15) is 5.21 Å². The number of halogens is 1. The summed E-state index contributed by atoms with van der Waals surface area (Å²) in [5, 5.41) is 16.1. The van der Waals surface area contributed by atoms with Gasteiger partial charge in [0.1, 0.15) is 0 Å². The van der Waals surface area contributed by atoms with Crippen LogP contribution in [-0.2, 0) is 0 Å². The summed E-state index contributed by atoms with van der Waals surface area (Å²) in [6.07, 6.45) is 0. The second-order valence-electron chi connectivity index (χ2n) is 3.45. The maximum atomic E-state index is 11.7. The first kappa shape index (κ1) is 11.5. The number of rotatable bonds is 3. The van der Waals surface area contributed by atoms with Crippen LogP contribution in [0.4, 0.5) is 0 Å². The number of carbonyl (C=O) groups is 1. The summed E-state index contributed by atoms with van der Waals surface area (Å²) in [5.41, 5.74) is 0.839. The molecule has 88 valence electrons. The van der Waals surface area contributed by atoms with Gasteiger partial charge in [-0.25, -0.2) is 0 Å². The van der Waals surface area contributed by atoms with Gasteiger partial charge in [-0.1, -0.05) is 29.8 Å². The molecular weight excluding hydrogens is 242 g/mol. The van der Waals surface area contributed by atoms with E-state index >= 15 is 0 Å². The molecule has 1 amide bonds. The smallest absolute Gasteiger partial charge is 0.293 e. The largest absolute Gasteiger partial charge is 0.343 e. The van der Waals surface area contributed by atoms with Crippen LogP contribution < -0.4 is 5.32 Å². The van der Waals surface area contributed by atoms with Crippen LogP contribution in [0.3, 0.4) is 0 Å². The molecule has 1 aromatic carbocycles. The Balaban J connectivity index is 2.10. The number of hydrogen-bond donors (Lipinski definition) is 2.